The van der Waals surface area contributed by atoms with Crippen LogP contribution in [0.2, 0.25) is 5.02 Å². The topological polar surface area (TPSA) is 65.7 Å². The van der Waals surface area contributed by atoms with Crippen molar-refractivity contribution in [2.45, 2.75) is 13.8 Å². The summed E-state index contributed by atoms with van der Waals surface area (Å²) in [6.45, 7) is 3.73. The number of fused-ring (bicyclic) bond motifs is 1. The Bertz CT molecular complexity index is 1350. The summed E-state index contributed by atoms with van der Waals surface area (Å²) < 4.78 is 17.6. The largest absolute Gasteiger partial charge is 0.460 e. The Kier molecular flexibility index (Phi) is 6.02. The quantitative estimate of drug-likeness (QED) is 0.162. The molecule has 0 radical (unpaired) electrons. The summed E-state index contributed by atoms with van der Waals surface area (Å²) in [5.74, 6) is 0.337. The summed E-state index contributed by atoms with van der Waals surface area (Å²) in [5.41, 5.74) is 2.11. The summed E-state index contributed by atoms with van der Waals surface area (Å²) >= 11 is 8.26. The van der Waals surface area contributed by atoms with Crippen LogP contribution < -0.4 is 14.9 Å². The van der Waals surface area contributed by atoms with Gasteiger partial charge in [-0.3, -0.25) is 4.79 Å². The van der Waals surface area contributed by atoms with Gasteiger partial charge in [-0.1, -0.05) is 23.7 Å². The second-order valence-electron chi connectivity index (χ2n) is 6.93. The van der Waals surface area contributed by atoms with Crippen molar-refractivity contribution in [3.63, 3.8) is 0 Å². The van der Waals surface area contributed by atoms with Crippen molar-refractivity contribution in [2.24, 2.45) is 0 Å². The van der Waals surface area contributed by atoms with Gasteiger partial charge in [0.25, 0.3) is 0 Å². The van der Waals surface area contributed by atoms with Crippen molar-refractivity contribution in [2.75, 3.05) is 0 Å². The fraction of sp³-hybridized carbons (Fsp3) is 0.0833. The number of hydrogen-bond acceptors (Lipinski definition) is 5. The molecular weight excluding hydrogens is 531 g/mol. The van der Waals surface area contributed by atoms with Crippen LogP contribution in [0.4, 0.5) is 0 Å². The molecule has 0 spiro atoms. The fourth-order valence-corrected chi connectivity index (χ4v) is 3.82. The van der Waals surface area contributed by atoms with Crippen molar-refractivity contribution >= 4 is 51.1 Å². The first-order valence-corrected chi connectivity index (χ1v) is 10.8. The maximum Gasteiger partial charge on any atom is 0.344 e. The molecule has 0 amide bonds. The molecule has 0 saturated carbocycles. The molecule has 156 valence electrons. The van der Waals surface area contributed by atoms with Crippen molar-refractivity contribution in [1.29, 1.82) is 0 Å². The molecule has 31 heavy (non-hydrogen) atoms. The van der Waals surface area contributed by atoms with E-state index in [0.717, 1.165) is 14.7 Å². The third-order valence-corrected chi connectivity index (χ3v) is 6.19. The highest BCUT2D eigenvalue weighted by molar-refractivity contribution is 14.1. The van der Waals surface area contributed by atoms with E-state index in [9.17, 15) is 9.59 Å². The van der Waals surface area contributed by atoms with Gasteiger partial charge in [-0.2, -0.15) is 0 Å². The van der Waals surface area contributed by atoms with Crippen LogP contribution in [0.5, 0.6) is 17.2 Å². The molecule has 5 nitrogen and oxygen atoms in total. The van der Waals surface area contributed by atoms with Crippen LogP contribution in [0.25, 0.3) is 11.0 Å². The molecule has 7 heteroatoms. The number of benzene rings is 3. The van der Waals surface area contributed by atoms with Gasteiger partial charge in [-0.05, 0) is 84.0 Å². The number of carbonyl (C=O) groups excluding carboxylic acids is 1. The standard InChI is InChI=1S/C24H16ClIO5/c1-13-9-16(10-14(2)22(13)25)30-21-12-29-20-11-15(7-8-18(20)23(21)27)31-24(28)17-5-3-4-6-19(17)26/h3-12H,1-2H3. The minimum Gasteiger partial charge on any atom is -0.460 e. The van der Waals surface area contributed by atoms with Crippen molar-refractivity contribution < 1.29 is 18.7 Å². The SMILES string of the molecule is Cc1cc(Oc2coc3cc(OC(=O)c4ccccc4I)ccc3c2=O)cc(C)c1Cl. The van der Waals surface area contributed by atoms with Crippen LogP contribution >= 0.6 is 34.2 Å². The zero-order chi connectivity index (χ0) is 22.1. The van der Waals surface area contributed by atoms with Crippen molar-refractivity contribution in [3.05, 3.63) is 96.4 Å². The van der Waals surface area contributed by atoms with Crippen molar-refractivity contribution in [1.82, 2.24) is 0 Å². The Balaban J connectivity index is 1.62. The summed E-state index contributed by atoms with van der Waals surface area (Å²) in [5, 5.41) is 0.971. The van der Waals surface area contributed by atoms with E-state index in [1.165, 1.54) is 12.3 Å². The van der Waals surface area contributed by atoms with Gasteiger partial charge in [0, 0.05) is 14.7 Å². The maximum atomic E-state index is 12.8. The summed E-state index contributed by atoms with van der Waals surface area (Å²) in [7, 11) is 0. The molecule has 1 heterocycles. The lowest BCUT2D eigenvalue weighted by atomic mass is 10.1. The molecule has 0 N–H and O–H groups in total. The molecule has 0 aliphatic rings. The van der Waals surface area contributed by atoms with Gasteiger partial charge < -0.3 is 13.9 Å². The minimum absolute atomic E-state index is 0.0530. The average molecular weight is 547 g/mol. The molecule has 0 saturated heterocycles. The summed E-state index contributed by atoms with van der Waals surface area (Å²) in [6, 6.07) is 15.2. The predicted molar refractivity (Wildman–Crippen MR) is 128 cm³/mol. The van der Waals surface area contributed by atoms with Crippen LogP contribution in [0.3, 0.4) is 0 Å². The molecule has 0 aliphatic heterocycles. The highest BCUT2D eigenvalue weighted by Crippen LogP contribution is 2.29. The lowest BCUT2D eigenvalue weighted by Gasteiger charge is -2.10. The second-order valence-corrected chi connectivity index (χ2v) is 8.47. The van der Waals surface area contributed by atoms with E-state index in [1.807, 2.05) is 26.0 Å². The number of ether oxygens (including phenoxy) is 2. The van der Waals surface area contributed by atoms with Gasteiger partial charge in [0.1, 0.15) is 23.3 Å². The first kappa shape index (κ1) is 21.4. The highest BCUT2D eigenvalue weighted by atomic mass is 127. The highest BCUT2D eigenvalue weighted by Gasteiger charge is 2.15. The lowest BCUT2D eigenvalue weighted by molar-refractivity contribution is 0.0734. The van der Waals surface area contributed by atoms with E-state index >= 15 is 0 Å². The van der Waals surface area contributed by atoms with Gasteiger partial charge in [0.15, 0.2) is 0 Å². The average Bonchev–Trinajstić information content (AvgIpc) is 2.74. The van der Waals surface area contributed by atoms with Gasteiger partial charge in [-0.25, -0.2) is 4.79 Å². The van der Waals surface area contributed by atoms with Gasteiger partial charge in [-0.15, -0.1) is 0 Å². The van der Waals surface area contributed by atoms with Gasteiger partial charge in [0.05, 0.1) is 10.9 Å². The Hall–Kier alpha value is -2.84. The monoisotopic (exact) mass is 546 g/mol. The fourth-order valence-electron chi connectivity index (χ4n) is 3.11. The van der Waals surface area contributed by atoms with Crippen LogP contribution in [0.1, 0.15) is 21.5 Å². The molecule has 0 bridgehead atoms. The van der Waals surface area contributed by atoms with E-state index in [-0.39, 0.29) is 22.5 Å². The number of aryl methyl sites for hydroxylation is 2. The minimum atomic E-state index is -0.486. The Labute approximate surface area is 196 Å². The van der Waals surface area contributed by atoms with Crippen LogP contribution in [0, 0.1) is 17.4 Å². The Morgan fingerprint density at radius 2 is 1.71 bits per heavy atom. The molecule has 4 rings (SSSR count). The third-order valence-electron chi connectivity index (χ3n) is 4.66. The Morgan fingerprint density at radius 1 is 1.00 bits per heavy atom. The Morgan fingerprint density at radius 3 is 2.42 bits per heavy atom. The number of hydrogen-bond donors (Lipinski definition) is 0. The van der Waals surface area contributed by atoms with Crippen LogP contribution in [0.15, 0.2) is 70.1 Å². The number of halogens is 2. The maximum absolute atomic E-state index is 12.8. The van der Waals surface area contributed by atoms with Gasteiger partial charge in [0.2, 0.25) is 11.2 Å². The van der Waals surface area contributed by atoms with E-state index < -0.39 is 5.97 Å². The molecule has 0 fully saturated rings. The molecule has 1 aromatic heterocycles. The van der Waals surface area contributed by atoms with E-state index in [4.69, 9.17) is 25.5 Å². The van der Waals surface area contributed by atoms with Crippen molar-refractivity contribution in [3.8, 4) is 17.2 Å². The molecule has 3 aromatic carbocycles. The molecule has 4 aromatic rings. The normalized spacial score (nSPS) is 10.8. The van der Waals surface area contributed by atoms with E-state index in [2.05, 4.69) is 22.6 Å². The zero-order valence-corrected chi connectivity index (χ0v) is 19.5. The third kappa shape index (κ3) is 4.45. The molecular formula is C24H16ClIO5. The first-order valence-electron chi connectivity index (χ1n) is 9.30. The zero-order valence-electron chi connectivity index (χ0n) is 16.6. The van der Waals surface area contributed by atoms with Crippen LogP contribution in [-0.4, -0.2) is 5.97 Å². The second kappa shape index (κ2) is 8.72. The molecule has 0 aliphatic carbocycles. The summed E-state index contributed by atoms with van der Waals surface area (Å²) in [4.78, 5) is 25.3. The van der Waals surface area contributed by atoms with E-state index in [0.29, 0.717) is 21.7 Å². The number of rotatable bonds is 4. The lowest BCUT2D eigenvalue weighted by Crippen LogP contribution is -2.10. The number of carbonyl (C=O) groups is 1. The molecule has 0 atom stereocenters. The first-order chi connectivity index (χ1) is 14.8. The smallest absolute Gasteiger partial charge is 0.344 e. The number of esters is 1. The van der Waals surface area contributed by atoms with Gasteiger partial charge >= 0.3 is 5.97 Å². The molecule has 0 unspecified atom stereocenters. The van der Waals surface area contributed by atoms with Crippen LogP contribution in [-0.2, 0) is 0 Å². The predicted octanol–water partition coefficient (Wildman–Crippen LogP) is 6.68. The summed E-state index contributed by atoms with van der Waals surface area (Å²) in [6.07, 6.45) is 1.25. The van der Waals surface area contributed by atoms with E-state index in [1.54, 1.807) is 36.4 Å².